The molecule has 0 aliphatic rings. The average Bonchev–Trinajstić information content (AvgIpc) is 2.81. The van der Waals surface area contributed by atoms with Crippen molar-refractivity contribution in [2.45, 2.75) is 32.1 Å². The maximum absolute atomic E-state index is 12.5. The van der Waals surface area contributed by atoms with Crippen LogP contribution in [0.15, 0.2) is 36.8 Å². The molecule has 0 saturated carbocycles. The Hall–Kier alpha value is -1.82. The first-order chi connectivity index (χ1) is 9.86. The normalized spacial score (nSPS) is 13.4. The Morgan fingerprint density at radius 3 is 2.43 bits per heavy atom. The molecule has 1 heterocycles. The van der Waals surface area contributed by atoms with Gasteiger partial charge in [0.15, 0.2) is 0 Å². The molecule has 21 heavy (non-hydrogen) atoms. The number of aromatic nitrogens is 2. The van der Waals surface area contributed by atoms with Crippen LogP contribution in [-0.4, -0.2) is 15.6 Å². The second-order valence-electron chi connectivity index (χ2n) is 5.18. The van der Waals surface area contributed by atoms with Crippen LogP contribution in [0, 0.1) is 0 Å². The fraction of sp³-hybridized carbons (Fsp3) is 0.400. The van der Waals surface area contributed by atoms with Crippen molar-refractivity contribution in [1.82, 2.24) is 14.9 Å². The van der Waals surface area contributed by atoms with Gasteiger partial charge in [-0.1, -0.05) is 12.1 Å². The van der Waals surface area contributed by atoms with Crippen molar-refractivity contribution in [3.8, 4) is 0 Å². The lowest BCUT2D eigenvalue weighted by Gasteiger charge is -2.14. The van der Waals surface area contributed by atoms with Gasteiger partial charge in [0.25, 0.3) is 0 Å². The van der Waals surface area contributed by atoms with E-state index in [2.05, 4.69) is 10.3 Å². The molecule has 1 aromatic carbocycles. The predicted molar refractivity (Wildman–Crippen MR) is 74.7 cm³/mol. The van der Waals surface area contributed by atoms with Crippen molar-refractivity contribution in [2.24, 2.45) is 7.05 Å². The van der Waals surface area contributed by atoms with E-state index >= 15 is 0 Å². The van der Waals surface area contributed by atoms with E-state index in [9.17, 15) is 13.2 Å². The first-order valence-electron chi connectivity index (χ1n) is 6.71. The molecule has 0 aliphatic heterocycles. The molecule has 1 N–H and O–H groups in total. The van der Waals surface area contributed by atoms with Gasteiger partial charge in [-0.2, -0.15) is 13.2 Å². The topological polar surface area (TPSA) is 29.9 Å². The molecule has 0 spiro atoms. The summed E-state index contributed by atoms with van der Waals surface area (Å²) in [6, 6.07) is 5.49. The third kappa shape index (κ3) is 4.32. The molecule has 114 valence electrons. The first kappa shape index (κ1) is 15.6. The number of hydrogen-bond acceptors (Lipinski definition) is 2. The summed E-state index contributed by atoms with van der Waals surface area (Å²) < 4.78 is 39.4. The van der Waals surface area contributed by atoms with E-state index < -0.39 is 11.7 Å². The number of aryl methyl sites for hydroxylation is 1. The molecular formula is C15H18F3N3. The zero-order valence-electron chi connectivity index (χ0n) is 12.0. The molecule has 2 rings (SSSR count). The summed E-state index contributed by atoms with van der Waals surface area (Å²) in [5, 5.41) is 3.34. The number of benzene rings is 1. The van der Waals surface area contributed by atoms with Gasteiger partial charge in [0, 0.05) is 25.8 Å². The number of hydrogen-bond donors (Lipinski definition) is 1. The maximum Gasteiger partial charge on any atom is 0.416 e. The Morgan fingerprint density at radius 2 is 1.90 bits per heavy atom. The van der Waals surface area contributed by atoms with Crippen LogP contribution in [-0.2, 0) is 26.2 Å². The van der Waals surface area contributed by atoms with Crippen LogP contribution >= 0.6 is 0 Å². The number of nitrogens with one attached hydrogen (secondary N) is 1. The van der Waals surface area contributed by atoms with Gasteiger partial charge in [-0.3, -0.25) is 0 Å². The minimum Gasteiger partial charge on any atom is -0.337 e. The molecule has 0 bridgehead atoms. The Bertz CT molecular complexity index is 573. The molecule has 1 aromatic heterocycles. The summed E-state index contributed by atoms with van der Waals surface area (Å²) in [5.74, 6) is 0. The summed E-state index contributed by atoms with van der Waals surface area (Å²) in [7, 11) is 1.92. The molecule has 3 nitrogen and oxygen atoms in total. The number of nitrogens with zero attached hydrogens (tertiary/aromatic N) is 2. The van der Waals surface area contributed by atoms with Crippen molar-refractivity contribution in [1.29, 1.82) is 0 Å². The van der Waals surface area contributed by atoms with Crippen molar-refractivity contribution in [3.63, 3.8) is 0 Å². The quantitative estimate of drug-likeness (QED) is 0.918. The molecule has 0 radical (unpaired) electrons. The molecule has 0 amide bonds. The third-order valence-corrected chi connectivity index (χ3v) is 3.37. The Labute approximate surface area is 121 Å². The van der Waals surface area contributed by atoms with Crippen LogP contribution in [0.25, 0.3) is 0 Å². The van der Waals surface area contributed by atoms with E-state index in [0.29, 0.717) is 13.0 Å². The van der Waals surface area contributed by atoms with Crippen molar-refractivity contribution >= 4 is 0 Å². The van der Waals surface area contributed by atoms with Gasteiger partial charge in [-0.25, -0.2) is 4.98 Å². The van der Waals surface area contributed by atoms with Gasteiger partial charge in [0.1, 0.15) is 0 Å². The molecule has 2 aromatic rings. The second kappa shape index (κ2) is 6.30. The molecule has 0 aliphatic carbocycles. The van der Waals surface area contributed by atoms with E-state index in [1.165, 1.54) is 12.1 Å². The number of alkyl halides is 3. The van der Waals surface area contributed by atoms with Crippen LogP contribution in [0.2, 0.25) is 0 Å². The molecule has 0 fully saturated rings. The highest BCUT2D eigenvalue weighted by atomic mass is 19.4. The second-order valence-corrected chi connectivity index (χ2v) is 5.18. The maximum atomic E-state index is 12.5. The molecule has 6 heteroatoms. The third-order valence-electron chi connectivity index (χ3n) is 3.37. The van der Waals surface area contributed by atoms with Crippen molar-refractivity contribution in [2.75, 3.05) is 0 Å². The lowest BCUT2D eigenvalue weighted by atomic mass is 10.0. The average molecular weight is 297 g/mol. The highest BCUT2D eigenvalue weighted by molar-refractivity contribution is 5.25. The van der Waals surface area contributed by atoms with Crippen LogP contribution in [0.1, 0.15) is 23.7 Å². The van der Waals surface area contributed by atoms with E-state index in [0.717, 1.165) is 23.4 Å². The lowest BCUT2D eigenvalue weighted by Crippen LogP contribution is -2.28. The van der Waals surface area contributed by atoms with Gasteiger partial charge in [0.2, 0.25) is 0 Å². The fourth-order valence-electron chi connectivity index (χ4n) is 2.09. The smallest absolute Gasteiger partial charge is 0.337 e. The van der Waals surface area contributed by atoms with Crippen LogP contribution in [0.4, 0.5) is 13.2 Å². The Balaban J connectivity index is 1.88. The minimum atomic E-state index is -4.28. The summed E-state index contributed by atoms with van der Waals surface area (Å²) in [6.07, 6.45) is -0.0761. The van der Waals surface area contributed by atoms with Crippen molar-refractivity contribution < 1.29 is 13.2 Å². The molecule has 1 atom stereocenters. The molecule has 1 unspecified atom stereocenters. The number of halogens is 3. The van der Waals surface area contributed by atoms with E-state index in [-0.39, 0.29) is 6.04 Å². The highest BCUT2D eigenvalue weighted by Crippen LogP contribution is 2.29. The van der Waals surface area contributed by atoms with E-state index in [4.69, 9.17) is 0 Å². The first-order valence-corrected chi connectivity index (χ1v) is 6.71. The lowest BCUT2D eigenvalue weighted by molar-refractivity contribution is -0.137. The summed E-state index contributed by atoms with van der Waals surface area (Å²) in [5.41, 5.74) is 1.34. The number of rotatable bonds is 5. The van der Waals surface area contributed by atoms with Crippen molar-refractivity contribution in [3.05, 3.63) is 53.6 Å². The van der Waals surface area contributed by atoms with E-state index in [1.54, 1.807) is 12.5 Å². The standard InChI is InChI=1S/C15H18F3N3/c1-11(20-9-14-8-19-10-21(14)2)7-12-3-5-13(6-4-12)15(16,17)18/h3-6,8,10-11,20H,7,9H2,1-2H3. The highest BCUT2D eigenvalue weighted by Gasteiger charge is 2.29. The number of imidazole rings is 1. The van der Waals surface area contributed by atoms with E-state index in [1.807, 2.05) is 18.5 Å². The Kier molecular flexibility index (Phi) is 4.67. The predicted octanol–water partition coefficient (Wildman–Crippen LogP) is 3.16. The fourth-order valence-corrected chi connectivity index (χ4v) is 2.09. The van der Waals surface area contributed by atoms with Gasteiger partial charge >= 0.3 is 6.18 Å². The SMILES string of the molecule is CC(Cc1ccc(C(F)(F)F)cc1)NCc1cncn1C. The van der Waals surface area contributed by atoms with Crippen LogP contribution in [0.5, 0.6) is 0 Å². The zero-order chi connectivity index (χ0) is 15.5. The zero-order valence-corrected chi connectivity index (χ0v) is 12.0. The van der Waals surface area contributed by atoms with Crippen LogP contribution < -0.4 is 5.32 Å². The summed E-state index contributed by atoms with van der Waals surface area (Å²) >= 11 is 0. The monoisotopic (exact) mass is 297 g/mol. The minimum absolute atomic E-state index is 0.164. The Morgan fingerprint density at radius 1 is 1.24 bits per heavy atom. The largest absolute Gasteiger partial charge is 0.416 e. The summed E-state index contributed by atoms with van der Waals surface area (Å²) in [4.78, 5) is 4.03. The van der Waals surface area contributed by atoms with Gasteiger partial charge in [0.05, 0.1) is 17.6 Å². The molecular weight excluding hydrogens is 279 g/mol. The van der Waals surface area contributed by atoms with Gasteiger partial charge in [-0.05, 0) is 31.0 Å². The molecule has 0 saturated heterocycles. The van der Waals surface area contributed by atoms with Crippen LogP contribution in [0.3, 0.4) is 0 Å². The van der Waals surface area contributed by atoms with Gasteiger partial charge in [-0.15, -0.1) is 0 Å². The summed E-state index contributed by atoms with van der Waals surface area (Å²) in [6.45, 7) is 2.69. The van der Waals surface area contributed by atoms with Gasteiger partial charge < -0.3 is 9.88 Å².